The van der Waals surface area contributed by atoms with Crippen LogP contribution < -0.4 is 5.32 Å². The van der Waals surface area contributed by atoms with Crippen LogP contribution in [0.1, 0.15) is 23.2 Å². The van der Waals surface area contributed by atoms with Crippen molar-refractivity contribution in [3.05, 3.63) is 35.5 Å². The predicted octanol–water partition coefficient (Wildman–Crippen LogP) is 2.89. The molecule has 0 bridgehead atoms. The van der Waals surface area contributed by atoms with Gasteiger partial charge in [-0.15, -0.1) is 0 Å². The van der Waals surface area contributed by atoms with Crippen LogP contribution in [0.3, 0.4) is 0 Å². The van der Waals surface area contributed by atoms with Gasteiger partial charge in [0.25, 0.3) is 5.91 Å². The number of hydrogen-bond donors (Lipinski definition) is 1. The van der Waals surface area contributed by atoms with E-state index in [2.05, 4.69) is 30.0 Å². The lowest BCUT2D eigenvalue weighted by Gasteiger charge is -2.06. The lowest BCUT2D eigenvalue weighted by molar-refractivity contribution is -0.159. The molecule has 0 spiro atoms. The van der Waals surface area contributed by atoms with Crippen LogP contribution in [0, 0.1) is 17.7 Å². The summed E-state index contributed by atoms with van der Waals surface area (Å²) in [6, 6.07) is 3.25. The molecular formula is C16H14F4N4O3. The van der Waals surface area contributed by atoms with Gasteiger partial charge in [-0.05, 0) is 12.1 Å². The summed E-state index contributed by atoms with van der Waals surface area (Å²) >= 11 is 0. The second-order valence-corrected chi connectivity index (χ2v) is 5.92. The van der Waals surface area contributed by atoms with Gasteiger partial charge >= 0.3 is 12.1 Å². The Bertz CT molecular complexity index is 894. The summed E-state index contributed by atoms with van der Waals surface area (Å²) in [7, 11) is 1.42. The number of nitrogens with one attached hydrogen (secondary N) is 1. The molecule has 3 rings (SSSR count). The van der Waals surface area contributed by atoms with Crippen molar-refractivity contribution in [2.45, 2.75) is 13.1 Å². The molecule has 144 valence electrons. The Labute approximate surface area is 150 Å². The second-order valence-electron chi connectivity index (χ2n) is 5.92. The largest absolute Gasteiger partial charge is 0.471 e. The minimum absolute atomic E-state index is 0.0244. The van der Waals surface area contributed by atoms with Gasteiger partial charge in [0.15, 0.2) is 0 Å². The summed E-state index contributed by atoms with van der Waals surface area (Å²) < 4.78 is 55.8. The number of alkyl halides is 3. The summed E-state index contributed by atoms with van der Waals surface area (Å²) in [4.78, 5) is 20.0. The fourth-order valence-corrected chi connectivity index (χ4v) is 2.58. The number of rotatable bonds is 5. The monoisotopic (exact) mass is 386 g/mol. The number of carbonyl (C=O) groups is 1. The van der Waals surface area contributed by atoms with E-state index in [1.807, 2.05) is 6.92 Å². The average Bonchev–Trinajstić information content (AvgIpc) is 3.00. The maximum Gasteiger partial charge on any atom is 0.471 e. The first-order chi connectivity index (χ1) is 12.7. The Morgan fingerprint density at radius 2 is 2.15 bits per heavy atom. The fraction of sp³-hybridized carbons (Fsp3) is 0.375. The molecule has 27 heavy (non-hydrogen) atoms. The van der Waals surface area contributed by atoms with Crippen LogP contribution in [0.5, 0.6) is 0 Å². The smallest absolute Gasteiger partial charge is 0.399 e. The van der Waals surface area contributed by atoms with Gasteiger partial charge in [0.2, 0.25) is 5.82 Å². The average molecular weight is 386 g/mol. The van der Waals surface area contributed by atoms with Crippen LogP contribution >= 0.6 is 0 Å². The van der Waals surface area contributed by atoms with Gasteiger partial charge in [-0.2, -0.15) is 18.2 Å². The molecule has 1 aromatic carbocycles. The zero-order chi connectivity index (χ0) is 19.8. The van der Waals surface area contributed by atoms with Crippen LogP contribution in [0.25, 0.3) is 11.4 Å². The first kappa shape index (κ1) is 18.8. The van der Waals surface area contributed by atoms with E-state index < -0.39 is 29.6 Å². The standard InChI is InChI=1S/C16H14F4N4O3/c1-7-10(12(7)23-26-2)6-21-14(25)9-4-3-8(5-11(9)17)13-22-15(27-24-13)16(18,19)20/h3-5,7,10H,6H2,1-2H3,(H,21,25)/b23-12+. The molecule has 7 nitrogen and oxygen atoms in total. The van der Waals surface area contributed by atoms with Crippen molar-refractivity contribution in [3.8, 4) is 11.4 Å². The van der Waals surface area contributed by atoms with Gasteiger partial charge in [-0.3, -0.25) is 4.79 Å². The van der Waals surface area contributed by atoms with Crippen molar-refractivity contribution in [2.24, 2.45) is 17.0 Å². The van der Waals surface area contributed by atoms with Crippen LogP contribution in [-0.4, -0.2) is 35.4 Å². The highest BCUT2D eigenvalue weighted by Gasteiger charge is 2.43. The normalized spacial score (nSPS) is 20.6. The Kier molecular flexibility index (Phi) is 4.85. The van der Waals surface area contributed by atoms with E-state index in [4.69, 9.17) is 0 Å². The molecule has 1 fully saturated rings. The number of amides is 1. The number of benzene rings is 1. The van der Waals surface area contributed by atoms with Crippen molar-refractivity contribution in [1.29, 1.82) is 0 Å². The van der Waals surface area contributed by atoms with E-state index >= 15 is 0 Å². The van der Waals surface area contributed by atoms with E-state index in [0.717, 1.165) is 17.8 Å². The highest BCUT2D eigenvalue weighted by Crippen LogP contribution is 2.34. The van der Waals surface area contributed by atoms with Gasteiger partial charge in [-0.1, -0.05) is 23.3 Å². The molecule has 0 saturated heterocycles. The molecule has 1 heterocycles. The van der Waals surface area contributed by atoms with Crippen molar-refractivity contribution in [1.82, 2.24) is 15.5 Å². The maximum atomic E-state index is 14.2. The van der Waals surface area contributed by atoms with Gasteiger partial charge in [0.05, 0.1) is 11.3 Å². The Morgan fingerprint density at radius 1 is 1.41 bits per heavy atom. The lowest BCUT2D eigenvalue weighted by atomic mass is 10.1. The summed E-state index contributed by atoms with van der Waals surface area (Å²) in [5.41, 5.74) is 0.511. The van der Waals surface area contributed by atoms with E-state index in [1.165, 1.54) is 13.2 Å². The van der Waals surface area contributed by atoms with Crippen LogP contribution in [0.15, 0.2) is 27.9 Å². The van der Waals surface area contributed by atoms with E-state index in [1.54, 1.807) is 0 Å². The molecule has 2 unspecified atom stereocenters. The molecule has 1 amide bonds. The van der Waals surface area contributed by atoms with Gasteiger partial charge in [0, 0.05) is 23.9 Å². The van der Waals surface area contributed by atoms with Crippen LogP contribution in [0.4, 0.5) is 17.6 Å². The second kappa shape index (κ2) is 6.97. The molecule has 1 aromatic heterocycles. The minimum atomic E-state index is -4.80. The predicted molar refractivity (Wildman–Crippen MR) is 84.1 cm³/mol. The third-order valence-electron chi connectivity index (χ3n) is 4.16. The Balaban J connectivity index is 1.69. The molecule has 1 saturated carbocycles. The highest BCUT2D eigenvalue weighted by molar-refractivity contribution is 6.04. The molecule has 1 aliphatic rings. The van der Waals surface area contributed by atoms with Gasteiger partial charge < -0.3 is 14.7 Å². The number of carbonyl (C=O) groups excluding carboxylic acids is 1. The number of aromatic nitrogens is 2. The van der Waals surface area contributed by atoms with Crippen LogP contribution in [0.2, 0.25) is 0 Å². The Hall–Kier alpha value is -2.98. The van der Waals surface area contributed by atoms with Gasteiger partial charge in [0.1, 0.15) is 12.9 Å². The number of oxime groups is 1. The fourth-order valence-electron chi connectivity index (χ4n) is 2.58. The molecule has 0 radical (unpaired) electrons. The maximum absolute atomic E-state index is 14.2. The van der Waals surface area contributed by atoms with Crippen molar-refractivity contribution >= 4 is 11.6 Å². The number of halogens is 4. The zero-order valence-corrected chi connectivity index (χ0v) is 14.2. The number of nitrogens with zero attached hydrogens (tertiary/aromatic N) is 3. The van der Waals surface area contributed by atoms with Crippen molar-refractivity contribution in [3.63, 3.8) is 0 Å². The summed E-state index contributed by atoms with van der Waals surface area (Å²) in [5.74, 6) is -3.35. The highest BCUT2D eigenvalue weighted by atomic mass is 19.4. The summed E-state index contributed by atoms with van der Waals surface area (Å²) in [5, 5.41) is 9.58. The zero-order valence-electron chi connectivity index (χ0n) is 14.2. The lowest BCUT2D eigenvalue weighted by Crippen LogP contribution is -2.27. The third kappa shape index (κ3) is 3.91. The quantitative estimate of drug-likeness (QED) is 0.631. The molecule has 11 heteroatoms. The number of hydrogen-bond acceptors (Lipinski definition) is 6. The molecular weight excluding hydrogens is 372 g/mol. The minimum Gasteiger partial charge on any atom is -0.399 e. The first-order valence-corrected chi connectivity index (χ1v) is 7.82. The summed E-state index contributed by atoms with van der Waals surface area (Å²) in [6.45, 7) is 2.19. The van der Waals surface area contributed by atoms with Crippen LogP contribution in [-0.2, 0) is 11.0 Å². The first-order valence-electron chi connectivity index (χ1n) is 7.82. The van der Waals surface area contributed by atoms with Crippen molar-refractivity contribution in [2.75, 3.05) is 13.7 Å². The molecule has 1 N–H and O–H groups in total. The van der Waals surface area contributed by atoms with E-state index in [-0.39, 0.29) is 29.5 Å². The topological polar surface area (TPSA) is 89.6 Å². The molecule has 2 atom stereocenters. The molecule has 1 aliphatic carbocycles. The molecule has 0 aliphatic heterocycles. The molecule has 2 aromatic rings. The summed E-state index contributed by atoms with van der Waals surface area (Å²) in [6.07, 6.45) is -4.80. The van der Waals surface area contributed by atoms with Gasteiger partial charge in [-0.25, -0.2) is 4.39 Å². The third-order valence-corrected chi connectivity index (χ3v) is 4.16. The Morgan fingerprint density at radius 3 is 2.74 bits per heavy atom. The van der Waals surface area contributed by atoms with Crippen molar-refractivity contribution < 1.29 is 31.7 Å². The van der Waals surface area contributed by atoms with E-state index in [9.17, 15) is 22.4 Å². The SMILES string of the molecule is CO/N=C1\C(C)C1CNC(=O)c1ccc(-c2noc(C(F)(F)F)n2)cc1F. The van der Waals surface area contributed by atoms with E-state index in [0.29, 0.717) is 0 Å².